The predicted octanol–water partition coefficient (Wildman–Crippen LogP) is 12.1. The third-order valence-electron chi connectivity index (χ3n) is 14.1. The van der Waals surface area contributed by atoms with E-state index in [1.165, 1.54) is 11.1 Å². The number of aryl methyl sites for hydroxylation is 1. The zero-order chi connectivity index (χ0) is 39.9. The summed E-state index contributed by atoms with van der Waals surface area (Å²) in [5.41, 5.74) is 12.8. The fourth-order valence-electron chi connectivity index (χ4n) is 11.1. The number of hydrogen-bond acceptors (Lipinski definition) is 4. The number of nitrogens with one attached hydrogen (secondary N) is 2. The van der Waals surface area contributed by atoms with Crippen LogP contribution in [0.25, 0.3) is 68.6 Å². The number of halogens is 1. The minimum absolute atomic E-state index is 0.347. The normalized spacial score (nSPS) is 23.9. The van der Waals surface area contributed by atoms with Gasteiger partial charge in [0.25, 0.3) is 0 Å². The van der Waals surface area contributed by atoms with E-state index in [9.17, 15) is 10.2 Å². The molecule has 3 aliphatic carbocycles. The number of aromatic amines is 2. The van der Waals surface area contributed by atoms with Crippen molar-refractivity contribution in [2.75, 3.05) is 0 Å². The Hall–Kier alpha value is -5.94. The van der Waals surface area contributed by atoms with Gasteiger partial charge in [0.1, 0.15) is 11.4 Å². The van der Waals surface area contributed by atoms with E-state index in [0.717, 1.165) is 104 Å². The molecule has 5 heterocycles. The lowest BCUT2D eigenvalue weighted by Gasteiger charge is -2.52. The Bertz CT molecular complexity index is 2850. The van der Waals surface area contributed by atoms with Gasteiger partial charge in [-0.05, 0) is 155 Å². The molecule has 59 heavy (non-hydrogen) atoms. The lowest BCUT2D eigenvalue weighted by atomic mass is 9.53. The summed E-state index contributed by atoms with van der Waals surface area (Å²) in [5, 5.41) is 23.0. The lowest BCUT2D eigenvalue weighted by molar-refractivity contribution is -0.0647. The van der Waals surface area contributed by atoms with Crippen molar-refractivity contribution >= 4 is 62.3 Å². The average molecular weight is 836 g/mol. The van der Waals surface area contributed by atoms with Gasteiger partial charge in [-0.3, -0.25) is 0 Å². The second kappa shape index (κ2) is 13.8. The zero-order valence-electron chi connectivity index (χ0n) is 32.8. The first kappa shape index (κ1) is 36.2. The van der Waals surface area contributed by atoms with Gasteiger partial charge >= 0.3 is 0 Å². The van der Waals surface area contributed by atoms with Crippen LogP contribution in [0.2, 0.25) is 0 Å². The van der Waals surface area contributed by atoms with Crippen LogP contribution in [-0.2, 0) is 6.42 Å². The number of rotatable bonds is 2. The zero-order valence-corrected chi connectivity index (χ0v) is 34.4. The van der Waals surface area contributed by atoms with E-state index in [1.54, 1.807) is 0 Å². The van der Waals surface area contributed by atoms with E-state index < -0.39 is 5.60 Å². The molecule has 4 N–H and O–H groups in total. The molecule has 5 atom stereocenters. The Morgan fingerprint density at radius 3 is 1.86 bits per heavy atom. The Morgan fingerprint density at radius 2 is 1.25 bits per heavy atom. The highest BCUT2D eigenvalue weighted by Crippen LogP contribution is 2.64. The summed E-state index contributed by atoms with van der Waals surface area (Å²) in [6.07, 6.45) is 13.7. The molecule has 3 aromatic carbocycles. The average Bonchev–Trinajstić information content (AvgIpc) is 4.12. The highest BCUT2D eigenvalue weighted by molar-refractivity contribution is 9.10. The van der Waals surface area contributed by atoms with Crippen LogP contribution >= 0.6 is 15.9 Å². The third kappa shape index (κ3) is 5.87. The van der Waals surface area contributed by atoms with Crippen LogP contribution in [0, 0.1) is 29.1 Å². The van der Waals surface area contributed by atoms with Crippen LogP contribution in [0.3, 0.4) is 0 Å². The number of aromatic nitrogens is 4. The molecule has 0 spiro atoms. The fraction of sp³-hybridized carbons (Fsp3) is 0.231. The molecule has 0 saturated heterocycles. The third-order valence-corrected chi connectivity index (χ3v) is 14.9. The number of phenolic OH excluding ortho intramolecular Hbond substituents is 1. The van der Waals surface area contributed by atoms with Crippen LogP contribution in [0.15, 0.2) is 108 Å². The van der Waals surface area contributed by atoms with Crippen LogP contribution in [0.4, 0.5) is 0 Å². The summed E-state index contributed by atoms with van der Waals surface area (Å²) in [5.74, 6) is 8.77. The first-order valence-corrected chi connectivity index (χ1v) is 21.6. The van der Waals surface area contributed by atoms with E-state index >= 15 is 0 Å². The van der Waals surface area contributed by atoms with Gasteiger partial charge in [0.05, 0.1) is 43.8 Å². The standard InChI is InChI=1S/C52H43BrN4O2/c1-51-27-24-36-35-15-13-34(58)30-33(35)12-14-37(36)39(51)26-29-52(51,59)28-25-38-40-16-18-42(54-40)48(31-8-4-2-5-9-31)44-20-22-46(56-44)50(53)47-23-21-45(57-47)49(32-10-6-3-7-11-32)43-19-17-41(38)55-43/h2-11,13,15-23,30,36-37,39,56-59H,12,14,24,26-27,29H2,1H3/t36-,37-,39+,51+,52+/m1/s1. The molecule has 2 saturated carbocycles. The highest BCUT2D eigenvalue weighted by atomic mass is 79.9. The minimum Gasteiger partial charge on any atom is -0.508 e. The first-order chi connectivity index (χ1) is 28.8. The van der Waals surface area contributed by atoms with Crippen molar-refractivity contribution < 1.29 is 10.2 Å². The second-order valence-electron chi connectivity index (χ2n) is 17.1. The summed E-state index contributed by atoms with van der Waals surface area (Å²) in [6, 6.07) is 35.1. The number of H-pyrrole nitrogens is 2. The van der Waals surface area contributed by atoms with Gasteiger partial charge in [-0.25, -0.2) is 9.97 Å². The molecule has 8 bridgehead atoms. The topological polar surface area (TPSA) is 97.8 Å². The van der Waals surface area contributed by atoms with Crippen LogP contribution in [-0.4, -0.2) is 35.8 Å². The molecule has 290 valence electrons. The molecule has 0 amide bonds. The molecular formula is C52H43BrN4O2. The summed E-state index contributed by atoms with van der Waals surface area (Å²) < 4.78 is 0.919. The Balaban J connectivity index is 1.12. The minimum atomic E-state index is -1.17. The monoisotopic (exact) mass is 834 g/mol. The Labute approximate surface area is 352 Å². The smallest absolute Gasteiger partial charge is 0.131 e. The number of aliphatic hydroxyl groups is 1. The molecule has 6 nitrogen and oxygen atoms in total. The van der Waals surface area contributed by atoms with Crippen LogP contribution in [0.5, 0.6) is 5.75 Å². The fourth-order valence-corrected chi connectivity index (χ4v) is 11.5. The summed E-state index contributed by atoms with van der Waals surface area (Å²) >= 11 is 3.91. The second-order valence-corrected chi connectivity index (χ2v) is 17.9. The molecule has 5 aliphatic rings. The number of phenols is 1. The van der Waals surface area contributed by atoms with Gasteiger partial charge in [0.2, 0.25) is 0 Å². The van der Waals surface area contributed by atoms with Crippen molar-refractivity contribution in [3.8, 4) is 39.8 Å². The van der Waals surface area contributed by atoms with E-state index in [-0.39, 0.29) is 5.41 Å². The maximum absolute atomic E-state index is 12.8. The van der Waals surface area contributed by atoms with Gasteiger partial charge < -0.3 is 20.2 Å². The van der Waals surface area contributed by atoms with Crippen molar-refractivity contribution in [2.24, 2.45) is 17.3 Å². The van der Waals surface area contributed by atoms with Crippen molar-refractivity contribution in [3.63, 3.8) is 0 Å². The molecule has 6 aromatic rings. The van der Waals surface area contributed by atoms with Crippen molar-refractivity contribution in [2.45, 2.75) is 57.0 Å². The number of benzene rings is 3. The van der Waals surface area contributed by atoms with Crippen molar-refractivity contribution in [1.29, 1.82) is 0 Å². The Morgan fingerprint density at radius 1 is 0.678 bits per heavy atom. The molecule has 3 aromatic heterocycles. The quantitative estimate of drug-likeness (QED) is 0.130. The van der Waals surface area contributed by atoms with Crippen LogP contribution < -0.4 is 0 Å². The number of hydrogen-bond donors (Lipinski definition) is 4. The maximum Gasteiger partial charge on any atom is 0.131 e. The maximum atomic E-state index is 12.8. The van der Waals surface area contributed by atoms with Gasteiger partial charge in [0.15, 0.2) is 0 Å². The van der Waals surface area contributed by atoms with E-state index in [0.29, 0.717) is 35.5 Å². The molecule has 7 heteroatoms. The van der Waals surface area contributed by atoms with Gasteiger partial charge in [-0.2, -0.15) is 0 Å². The molecule has 0 radical (unpaired) electrons. The van der Waals surface area contributed by atoms with Gasteiger partial charge in [-0.15, -0.1) is 0 Å². The number of fused-ring (bicyclic) bond motifs is 13. The molecular weight excluding hydrogens is 793 g/mol. The van der Waals surface area contributed by atoms with Crippen LogP contribution in [0.1, 0.15) is 84.4 Å². The molecule has 2 aliphatic heterocycles. The van der Waals surface area contributed by atoms with E-state index in [1.807, 2.05) is 36.4 Å². The van der Waals surface area contributed by atoms with Crippen molar-refractivity contribution in [1.82, 2.24) is 19.9 Å². The Kier molecular flexibility index (Phi) is 8.48. The predicted molar refractivity (Wildman–Crippen MR) is 242 cm³/mol. The SMILES string of the molecule is C[C@]12CC[C@@H]3c4ccc(O)cc4CC[C@H]3[C@@H]1CC[C@@]2(O)C#Cc1c2nc(c(-c3ccccc3)c3ccc([nH]3)c(Br)c3ccc([nH]3)c(-c3ccccc3)c3nc1C=C3)C=C2. The van der Waals surface area contributed by atoms with Crippen molar-refractivity contribution in [3.05, 3.63) is 147 Å². The molecule has 0 unspecified atom stereocenters. The highest BCUT2D eigenvalue weighted by Gasteiger charge is 2.61. The molecule has 2 fully saturated rings. The van der Waals surface area contributed by atoms with Gasteiger partial charge in [-0.1, -0.05) is 85.5 Å². The van der Waals surface area contributed by atoms with E-state index in [2.05, 4.69) is 136 Å². The van der Waals surface area contributed by atoms with E-state index in [4.69, 9.17) is 9.97 Å². The van der Waals surface area contributed by atoms with Gasteiger partial charge in [0, 0.05) is 27.6 Å². The number of aromatic hydroxyl groups is 1. The lowest BCUT2D eigenvalue weighted by Crippen LogP contribution is -2.50. The summed E-state index contributed by atoms with van der Waals surface area (Å²) in [6.45, 7) is 2.29. The molecule has 11 rings (SSSR count). The summed E-state index contributed by atoms with van der Waals surface area (Å²) in [7, 11) is 0. The summed E-state index contributed by atoms with van der Waals surface area (Å²) in [4.78, 5) is 18.1. The largest absolute Gasteiger partial charge is 0.508 e. The first-order valence-electron chi connectivity index (χ1n) is 20.8. The number of nitrogens with zero attached hydrogens (tertiary/aromatic N) is 2.